The van der Waals surface area contributed by atoms with E-state index in [-0.39, 0.29) is 23.4 Å². The third-order valence-electron chi connectivity index (χ3n) is 4.46. The van der Waals surface area contributed by atoms with Gasteiger partial charge in [-0.1, -0.05) is 0 Å². The van der Waals surface area contributed by atoms with Crippen LogP contribution >= 0.6 is 0 Å². The molecule has 3 rings (SSSR count). The largest absolute Gasteiger partial charge is 0.451 e. The Bertz CT molecular complexity index is 778. The number of benzene rings is 1. The fourth-order valence-electron chi connectivity index (χ4n) is 2.82. The van der Waals surface area contributed by atoms with Gasteiger partial charge in [0.05, 0.1) is 6.54 Å². The Hall–Kier alpha value is -2.67. The molecule has 1 aliphatic heterocycles. The summed E-state index contributed by atoms with van der Waals surface area (Å²) in [5.74, 6) is 0.365. The van der Waals surface area contributed by atoms with E-state index in [1.165, 1.54) is 12.1 Å². The van der Waals surface area contributed by atoms with Crippen LogP contribution in [-0.4, -0.2) is 73.3 Å². The standard InChI is InChI=1S/C19H22FN3O3/c1-21(2)18(24)13-22-9-11-23(12-10-22)19(25)17-8-7-16(26-17)14-3-5-15(20)6-4-14/h3-8H,9-13H2,1-2H3. The van der Waals surface area contributed by atoms with Crippen molar-refractivity contribution in [1.29, 1.82) is 0 Å². The van der Waals surface area contributed by atoms with Crippen molar-refractivity contribution in [3.63, 3.8) is 0 Å². The topological polar surface area (TPSA) is 57.0 Å². The zero-order valence-electron chi connectivity index (χ0n) is 14.9. The van der Waals surface area contributed by atoms with Gasteiger partial charge in [-0.05, 0) is 36.4 Å². The van der Waals surface area contributed by atoms with Crippen LogP contribution in [0.25, 0.3) is 11.3 Å². The molecule has 1 aromatic heterocycles. The maximum absolute atomic E-state index is 13.0. The van der Waals surface area contributed by atoms with Gasteiger partial charge in [0.2, 0.25) is 5.91 Å². The first kappa shape index (κ1) is 18.1. The molecule has 1 fully saturated rings. The Morgan fingerprint density at radius 1 is 1.04 bits per heavy atom. The van der Waals surface area contributed by atoms with Gasteiger partial charge in [-0.25, -0.2) is 4.39 Å². The second-order valence-electron chi connectivity index (χ2n) is 6.53. The highest BCUT2D eigenvalue weighted by Gasteiger charge is 2.25. The van der Waals surface area contributed by atoms with E-state index in [1.807, 2.05) is 4.90 Å². The van der Waals surface area contributed by atoms with Crippen LogP contribution in [0.15, 0.2) is 40.8 Å². The lowest BCUT2D eigenvalue weighted by molar-refractivity contribution is -0.130. The zero-order chi connectivity index (χ0) is 18.7. The molecule has 7 heteroatoms. The molecule has 2 aromatic rings. The van der Waals surface area contributed by atoms with E-state index in [2.05, 4.69) is 0 Å². The molecule has 1 aromatic carbocycles. The molecule has 0 aliphatic carbocycles. The Morgan fingerprint density at radius 2 is 1.69 bits per heavy atom. The molecule has 0 bridgehead atoms. The third-order valence-corrected chi connectivity index (χ3v) is 4.46. The average molecular weight is 359 g/mol. The molecule has 0 saturated carbocycles. The highest BCUT2D eigenvalue weighted by atomic mass is 19.1. The number of piperazine rings is 1. The fraction of sp³-hybridized carbons (Fsp3) is 0.368. The van der Waals surface area contributed by atoms with Crippen molar-refractivity contribution >= 4 is 11.8 Å². The van der Waals surface area contributed by atoms with Gasteiger partial charge in [-0.15, -0.1) is 0 Å². The average Bonchev–Trinajstić information content (AvgIpc) is 3.12. The molecule has 138 valence electrons. The van der Waals surface area contributed by atoms with Crippen molar-refractivity contribution in [3.05, 3.63) is 48.0 Å². The molecular formula is C19H22FN3O3. The second-order valence-corrected chi connectivity index (χ2v) is 6.53. The zero-order valence-corrected chi connectivity index (χ0v) is 14.9. The first-order valence-electron chi connectivity index (χ1n) is 8.51. The normalized spacial score (nSPS) is 15.1. The summed E-state index contributed by atoms with van der Waals surface area (Å²) in [6.45, 7) is 2.76. The van der Waals surface area contributed by atoms with E-state index in [9.17, 15) is 14.0 Å². The Balaban J connectivity index is 1.59. The molecule has 0 unspecified atom stereocenters. The smallest absolute Gasteiger partial charge is 0.289 e. The summed E-state index contributed by atoms with van der Waals surface area (Å²) in [4.78, 5) is 29.7. The molecular weight excluding hydrogens is 337 g/mol. The van der Waals surface area contributed by atoms with Crippen molar-refractivity contribution < 1.29 is 18.4 Å². The predicted molar refractivity (Wildman–Crippen MR) is 95.1 cm³/mol. The molecule has 2 heterocycles. The Kier molecular flexibility index (Phi) is 5.37. The SMILES string of the molecule is CN(C)C(=O)CN1CCN(C(=O)c2ccc(-c3ccc(F)cc3)o2)CC1. The van der Waals surface area contributed by atoms with Gasteiger partial charge in [0, 0.05) is 45.8 Å². The van der Waals surface area contributed by atoms with Crippen LogP contribution in [0.4, 0.5) is 4.39 Å². The minimum Gasteiger partial charge on any atom is -0.451 e. The quantitative estimate of drug-likeness (QED) is 0.837. The molecule has 26 heavy (non-hydrogen) atoms. The summed E-state index contributed by atoms with van der Waals surface area (Å²) in [5.41, 5.74) is 0.720. The first-order chi connectivity index (χ1) is 12.4. The van der Waals surface area contributed by atoms with E-state index in [1.54, 1.807) is 48.2 Å². The maximum Gasteiger partial charge on any atom is 0.289 e. The minimum absolute atomic E-state index is 0.0553. The number of rotatable bonds is 4. The minimum atomic E-state index is -0.317. The lowest BCUT2D eigenvalue weighted by Gasteiger charge is -2.34. The van der Waals surface area contributed by atoms with Gasteiger partial charge in [0.1, 0.15) is 11.6 Å². The molecule has 0 radical (unpaired) electrons. The number of carbonyl (C=O) groups is 2. The Labute approximate surface area is 151 Å². The summed E-state index contributed by atoms with van der Waals surface area (Å²) < 4.78 is 18.7. The number of carbonyl (C=O) groups excluding carboxylic acids is 2. The summed E-state index contributed by atoms with van der Waals surface area (Å²) in [6, 6.07) is 9.29. The van der Waals surface area contributed by atoms with Crippen LogP contribution in [0.1, 0.15) is 10.6 Å². The summed E-state index contributed by atoms with van der Waals surface area (Å²) >= 11 is 0. The summed E-state index contributed by atoms with van der Waals surface area (Å²) in [7, 11) is 3.47. The number of nitrogens with zero attached hydrogens (tertiary/aromatic N) is 3. The monoisotopic (exact) mass is 359 g/mol. The van der Waals surface area contributed by atoms with Gasteiger partial charge in [0.25, 0.3) is 5.91 Å². The lowest BCUT2D eigenvalue weighted by Crippen LogP contribution is -2.50. The molecule has 2 amide bonds. The highest BCUT2D eigenvalue weighted by molar-refractivity contribution is 5.92. The van der Waals surface area contributed by atoms with E-state index in [4.69, 9.17) is 4.42 Å². The number of halogens is 1. The number of hydrogen-bond donors (Lipinski definition) is 0. The number of furan rings is 1. The molecule has 0 atom stereocenters. The van der Waals surface area contributed by atoms with Crippen LogP contribution in [-0.2, 0) is 4.79 Å². The summed E-state index contributed by atoms with van der Waals surface area (Å²) in [5, 5.41) is 0. The lowest BCUT2D eigenvalue weighted by atomic mass is 10.2. The number of amides is 2. The van der Waals surface area contributed by atoms with Crippen molar-refractivity contribution in [2.75, 3.05) is 46.8 Å². The van der Waals surface area contributed by atoms with Crippen LogP contribution in [0.3, 0.4) is 0 Å². The molecule has 0 spiro atoms. The molecule has 1 saturated heterocycles. The van der Waals surface area contributed by atoms with Gasteiger partial charge >= 0.3 is 0 Å². The predicted octanol–water partition coefficient (Wildman–Crippen LogP) is 1.93. The number of likely N-dealkylation sites (N-methyl/N-ethyl adjacent to an activating group) is 1. The van der Waals surface area contributed by atoms with E-state index in [0.717, 1.165) is 5.56 Å². The highest BCUT2D eigenvalue weighted by Crippen LogP contribution is 2.23. The van der Waals surface area contributed by atoms with E-state index in [0.29, 0.717) is 38.5 Å². The molecule has 6 nitrogen and oxygen atoms in total. The van der Waals surface area contributed by atoms with Crippen LogP contribution in [0.2, 0.25) is 0 Å². The van der Waals surface area contributed by atoms with Gasteiger partial charge in [-0.2, -0.15) is 0 Å². The van der Waals surface area contributed by atoms with Crippen molar-refractivity contribution in [2.24, 2.45) is 0 Å². The van der Waals surface area contributed by atoms with Crippen molar-refractivity contribution in [3.8, 4) is 11.3 Å². The second kappa shape index (κ2) is 7.70. The first-order valence-corrected chi connectivity index (χ1v) is 8.51. The van der Waals surface area contributed by atoms with E-state index < -0.39 is 0 Å². The van der Waals surface area contributed by atoms with Crippen molar-refractivity contribution in [1.82, 2.24) is 14.7 Å². The van der Waals surface area contributed by atoms with E-state index >= 15 is 0 Å². The number of hydrogen-bond acceptors (Lipinski definition) is 4. The van der Waals surface area contributed by atoms with Gasteiger partial charge in [-0.3, -0.25) is 14.5 Å². The maximum atomic E-state index is 13.0. The fourth-order valence-corrected chi connectivity index (χ4v) is 2.82. The van der Waals surface area contributed by atoms with Crippen LogP contribution in [0.5, 0.6) is 0 Å². The van der Waals surface area contributed by atoms with Gasteiger partial charge in [0.15, 0.2) is 5.76 Å². The van der Waals surface area contributed by atoms with Crippen LogP contribution in [0, 0.1) is 5.82 Å². The Morgan fingerprint density at radius 3 is 2.31 bits per heavy atom. The van der Waals surface area contributed by atoms with Crippen molar-refractivity contribution in [2.45, 2.75) is 0 Å². The molecule has 0 N–H and O–H groups in total. The summed E-state index contributed by atoms with van der Waals surface area (Å²) in [6.07, 6.45) is 0. The third kappa shape index (κ3) is 4.11. The van der Waals surface area contributed by atoms with Crippen LogP contribution < -0.4 is 0 Å². The molecule has 1 aliphatic rings. The van der Waals surface area contributed by atoms with Gasteiger partial charge < -0.3 is 14.2 Å².